The smallest absolute Gasteiger partial charge is 0.239 e. The van der Waals surface area contributed by atoms with Crippen molar-refractivity contribution in [2.75, 3.05) is 11.2 Å². The van der Waals surface area contributed by atoms with Crippen LogP contribution in [-0.4, -0.2) is 16.9 Å². The standard InChI is InChI=1S/C12H16ClNO2/c1-3-9-5-4-6-10(8(2)15)12(9)14-11(16)7-13/h4-6,8,15H,3,7H2,1-2H3,(H,14,16). The molecule has 0 saturated heterocycles. The number of nitrogens with one attached hydrogen (secondary N) is 1. The molecule has 0 fully saturated rings. The Balaban J connectivity index is 3.14. The Hall–Kier alpha value is -1.06. The van der Waals surface area contributed by atoms with E-state index in [1.54, 1.807) is 13.0 Å². The minimum Gasteiger partial charge on any atom is -0.389 e. The van der Waals surface area contributed by atoms with Crippen molar-refractivity contribution in [2.24, 2.45) is 0 Å². The molecule has 0 radical (unpaired) electrons. The van der Waals surface area contributed by atoms with Crippen LogP contribution in [0.4, 0.5) is 5.69 Å². The van der Waals surface area contributed by atoms with E-state index in [4.69, 9.17) is 11.6 Å². The molecule has 0 aliphatic heterocycles. The van der Waals surface area contributed by atoms with Crippen molar-refractivity contribution in [3.63, 3.8) is 0 Å². The Bertz CT molecular complexity index is 377. The Morgan fingerprint density at radius 3 is 2.75 bits per heavy atom. The van der Waals surface area contributed by atoms with Crippen LogP contribution in [0.2, 0.25) is 0 Å². The van der Waals surface area contributed by atoms with Crippen LogP contribution in [0.25, 0.3) is 0 Å². The van der Waals surface area contributed by atoms with E-state index < -0.39 is 6.10 Å². The van der Waals surface area contributed by atoms with Crippen LogP contribution < -0.4 is 5.32 Å². The normalized spacial score (nSPS) is 12.2. The fourth-order valence-corrected chi connectivity index (χ4v) is 1.65. The van der Waals surface area contributed by atoms with Crippen LogP contribution in [0.5, 0.6) is 0 Å². The molecule has 0 aliphatic carbocycles. The number of anilines is 1. The zero-order valence-electron chi connectivity index (χ0n) is 9.46. The van der Waals surface area contributed by atoms with Crippen molar-refractivity contribution in [1.29, 1.82) is 0 Å². The van der Waals surface area contributed by atoms with Gasteiger partial charge < -0.3 is 10.4 Å². The summed E-state index contributed by atoms with van der Waals surface area (Å²) in [4.78, 5) is 11.3. The largest absolute Gasteiger partial charge is 0.389 e. The highest BCUT2D eigenvalue weighted by Gasteiger charge is 2.13. The summed E-state index contributed by atoms with van der Waals surface area (Å²) in [6.45, 7) is 3.67. The van der Waals surface area contributed by atoms with Gasteiger partial charge in [0, 0.05) is 11.3 Å². The minimum absolute atomic E-state index is 0.0860. The summed E-state index contributed by atoms with van der Waals surface area (Å²) in [6.07, 6.45) is 0.176. The van der Waals surface area contributed by atoms with E-state index in [9.17, 15) is 9.90 Å². The van der Waals surface area contributed by atoms with Crippen LogP contribution in [0.1, 0.15) is 31.1 Å². The highest BCUT2D eigenvalue weighted by molar-refractivity contribution is 6.29. The van der Waals surface area contributed by atoms with Crippen LogP contribution >= 0.6 is 11.6 Å². The lowest BCUT2D eigenvalue weighted by atomic mass is 10.0. The van der Waals surface area contributed by atoms with Crippen molar-refractivity contribution in [3.8, 4) is 0 Å². The summed E-state index contributed by atoms with van der Waals surface area (Å²) in [5.41, 5.74) is 2.40. The molecule has 0 spiro atoms. The number of aliphatic hydroxyl groups excluding tert-OH is 1. The zero-order valence-corrected chi connectivity index (χ0v) is 10.2. The third-order valence-corrected chi connectivity index (χ3v) is 2.64. The first-order chi connectivity index (χ1) is 7.60. The summed E-state index contributed by atoms with van der Waals surface area (Å²) in [5, 5.41) is 12.4. The van der Waals surface area contributed by atoms with Gasteiger partial charge in [-0.15, -0.1) is 11.6 Å². The van der Waals surface area contributed by atoms with E-state index in [0.29, 0.717) is 5.69 Å². The van der Waals surface area contributed by atoms with Crippen LogP contribution in [0, 0.1) is 0 Å². The second-order valence-electron chi connectivity index (χ2n) is 3.59. The molecular weight excluding hydrogens is 226 g/mol. The Kier molecular flexibility index (Phi) is 4.77. The van der Waals surface area contributed by atoms with Crippen molar-refractivity contribution >= 4 is 23.2 Å². The molecule has 88 valence electrons. The Morgan fingerprint density at radius 1 is 1.56 bits per heavy atom. The first-order valence-electron chi connectivity index (χ1n) is 5.25. The second-order valence-corrected chi connectivity index (χ2v) is 3.86. The molecule has 16 heavy (non-hydrogen) atoms. The lowest BCUT2D eigenvalue weighted by Gasteiger charge is -2.16. The van der Waals surface area contributed by atoms with E-state index in [1.165, 1.54) is 0 Å². The quantitative estimate of drug-likeness (QED) is 0.796. The van der Waals surface area contributed by atoms with E-state index in [0.717, 1.165) is 17.5 Å². The molecule has 0 aliphatic rings. The van der Waals surface area contributed by atoms with Crippen LogP contribution in [0.15, 0.2) is 18.2 Å². The lowest BCUT2D eigenvalue weighted by molar-refractivity contribution is -0.113. The van der Waals surface area contributed by atoms with Gasteiger partial charge in [0.25, 0.3) is 0 Å². The maximum atomic E-state index is 11.3. The fraction of sp³-hybridized carbons (Fsp3) is 0.417. The number of aliphatic hydroxyl groups is 1. The predicted octanol–water partition coefficient (Wildman–Crippen LogP) is 2.48. The lowest BCUT2D eigenvalue weighted by Crippen LogP contribution is -2.16. The third-order valence-electron chi connectivity index (χ3n) is 2.40. The minimum atomic E-state index is -0.614. The fourth-order valence-electron chi connectivity index (χ4n) is 1.59. The average molecular weight is 242 g/mol. The van der Waals surface area contributed by atoms with Crippen LogP contribution in [0.3, 0.4) is 0 Å². The first kappa shape index (κ1) is 13.0. The molecule has 1 rings (SSSR count). The van der Waals surface area contributed by atoms with E-state index in [-0.39, 0.29) is 11.8 Å². The number of rotatable bonds is 4. The van der Waals surface area contributed by atoms with E-state index in [2.05, 4.69) is 5.32 Å². The van der Waals surface area contributed by atoms with Crippen molar-refractivity contribution < 1.29 is 9.90 Å². The number of carbonyl (C=O) groups is 1. The third kappa shape index (κ3) is 2.97. The van der Waals surface area contributed by atoms with Gasteiger partial charge in [-0.3, -0.25) is 4.79 Å². The molecule has 3 nitrogen and oxygen atoms in total. The molecule has 0 heterocycles. The summed E-state index contributed by atoms with van der Waals surface area (Å²) < 4.78 is 0. The van der Waals surface area contributed by atoms with Crippen molar-refractivity contribution in [2.45, 2.75) is 26.4 Å². The molecule has 0 aromatic heterocycles. The summed E-state index contributed by atoms with van der Waals surface area (Å²) >= 11 is 5.45. The second kappa shape index (κ2) is 5.87. The SMILES string of the molecule is CCc1cccc(C(C)O)c1NC(=O)CCl. The van der Waals surface area contributed by atoms with Gasteiger partial charge in [0.05, 0.1) is 6.10 Å². The number of benzene rings is 1. The monoisotopic (exact) mass is 241 g/mol. The molecule has 0 saturated carbocycles. The molecule has 1 unspecified atom stereocenters. The maximum absolute atomic E-state index is 11.3. The Morgan fingerprint density at radius 2 is 2.25 bits per heavy atom. The number of amides is 1. The molecule has 1 amide bonds. The summed E-state index contributed by atoms with van der Waals surface area (Å²) in [6, 6.07) is 5.60. The highest BCUT2D eigenvalue weighted by atomic mass is 35.5. The molecule has 1 atom stereocenters. The van der Waals surface area contributed by atoms with Gasteiger partial charge in [-0.2, -0.15) is 0 Å². The van der Waals surface area contributed by atoms with Gasteiger partial charge in [0.1, 0.15) is 5.88 Å². The van der Waals surface area contributed by atoms with Gasteiger partial charge in [0.2, 0.25) is 5.91 Å². The number of hydrogen-bond donors (Lipinski definition) is 2. The summed E-state index contributed by atoms with van der Waals surface area (Å²) in [5.74, 6) is -0.346. The average Bonchev–Trinajstić information content (AvgIpc) is 2.28. The van der Waals surface area contributed by atoms with E-state index in [1.807, 2.05) is 19.1 Å². The zero-order chi connectivity index (χ0) is 12.1. The van der Waals surface area contributed by atoms with Gasteiger partial charge in [-0.25, -0.2) is 0 Å². The topological polar surface area (TPSA) is 49.3 Å². The van der Waals surface area contributed by atoms with E-state index >= 15 is 0 Å². The first-order valence-corrected chi connectivity index (χ1v) is 5.79. The number of aryl methyl sites for hydroxylation is 1. The number of carbonyl (C=O) groups excluding carboxylic acids is 1. The molecule has 2 N–H and O–H groups in total. The molecular formula is C12H16ClNO2. The number of halogens is 1. The molecule has 4 heteroatoms. The van der Waals surface area contributed by atoms with Gasteiger partial charge in [-0.05, 0) is 18.9 Å². The van der Waals surface area contributed by atoms with Crippen molar-refractivity contribution in [1.82, 2.24) is 0 Å². The predicted molar refractivity (Wildman–Crippen MR) is 65.8 cm³/mol. The maximum Gasteiger partial charge on any atom is 0.239 e. The molecule has 1 aromatic carbocycles. The molecule has 1 aromatic rings. The van der Waals surface area contributed by atoms with Gasteiger partial charge in [-0.1, -0.05) is 25.1 Å². The molecule has 0 bridgehead atoms. The Labute approximate surface area is 100 Å². The van der Waals surface area contributed by atoms with Gasteiger partial charge in [0.15, 0.2) is 0 Å². The van der Waals surface area contributed by atoms with Crippen LogP contribution in [-0.2, 0) is 11.2 Å². The van der Waals surface area contributed by atoms with Crippen molar-refractivity contribution in [3.05, 3.63) is 29.3 Å². The van der Waals surface area contributed by atoms with Gasteiger partial charge >= 0.3 is 0 Å². The number of alkyl halides is 1. The highest BCUT2D eigenvalue weighted by Crippen LogP contribution is 2.27. The number of hydrogen-bond acceptors (Lipinski definition) is 2. The number of para-hydroxylation sites is 1. The summed E-state index contributed by atoms with van der Waals surface area (Å²) in [7, 11) is 0.